The zero-order chi connectivity index (χ0) is 14.8. The Bertz CT molecular complexity index is 586. The van der Waals surface area contributed by atoms with Crippen LogP contribution in [0, 0.1) is 6.92 Å². The second-order valence-corrected chi connectivity index (χ2v) is 7.37. The highest BCUT2D eigenvalue weighted by molar-refractivity contribution is 9.08. The molecule has 0 saturated heterocycles. The van der Waals surface area contributed by atoms with Crippen molar-refractivity contribution in [3.8, 4) is 5.75 Å². The van der Waals surface area contributed by atoms with Crippen LogP contribution in [-0.4, -0.2) is 4.98 Å². The predicted octanol–water partition coefficient (Wildman–Crippen LogP) is 5.22. The van der Waals surface area contributed by atoms with E-state index in [0.29, 0.717) is 6.61 Å². The third-order valence-corrected chi connectivity index (χ3v) is 4.52. The molecule has 0 aliphatic heterocycles. The summed E-state index contributed by atoms with van der Waals surface area (Å²) in [6.07, 6.45) is 0. The Labute approximate surface area is 133 Å². The largest absolute Gasteiger partial charge is 0.486 e. The molecule has 0 aliphatic rings. The maximum atomic E-state index is 5.99. The summed E-state index contributed by atoms with van der Waals surface area (Å²) in [7, 11) is 0. The summed E-state index contributed by atoms with van der Waals surface area (Å²) in [4.78, 5) is 4.66. The molecule has 108 valence electrons. The quantitative estimate of drug-likeness (QED) is 0.702. The molecule has 0 atom stereocenters. The first-order valence-electron chi connectivity index (χ1n) is 6.64. The molecule has 0 bridgehead atoms. The Morgan fingerprint density at radius 1 is 1.30 bits per heavy atom. The molecule has 2 rings (SSSR count). The number of ether oxygens (including phenoxy) is 1. The molecular weight excluding hydrogens is 334 g/mol. The number of nitrogens with zero attached hydrogens (tertiary/aromatic N) is 1. The van der Waals surface area contributed by atoms with Crippen molar-refractivity contribution in [1.82, 2.24) is 4.98 Å². The Morgan fingerprint density at radius 3 is 2.65 bits per heavy atom. The Hall–Kier alpha value is -0.870. The maximum Gasteiger partial charge on any atom is 0.140 e. The minimum absolute atomic E-state index is 0.0957. The summed E-state index contributed by atoms with van der Waals surface area (Å²) in [5.41, 5.74) is 3.57. The van der Waals surface area contributed by atoms with E-state index >= 15 is 0 Å². The number of halogens is 1. The predicted molar refractivity (Wildman–Crippen MR) is 89.0 cm³/mol. The van der Waals surface area contributed by atoms with Crippen LogP contribution in [-0.2, 0) is 17.4 Å². The molecule has 0 N–H and O–H groups in total. The molecule has 0 spiro atoms. The first-order chi connectivity index (χ1) is 9.41. The molecule has 20 heavy (non-hydrogen) atoms. The lowest BCUT2D eigenvalue weighted by atomic mass is 9.93. The van der Waals surface area contributed by atoms with Crippen molar-refractivity contribution in [3.05, 3.63) is 45.4 Å². The standard InChI is InChI=1S/C16H20BrNOS/c1-11-6-5-7-12(8-17)15(11)19-9-14-18-13(10-20-14)16(2,3)4/h5-7,10H,8-9H2,1-4H3. The Balaban J connectivity index is 2.11. The number of benzene rings is 1. The number of hydrogen-bond acceptors (Lipinski definition) is 3. The fourth-order valence-electron chi connectivity index (χ4n) is 1.88. The summed E-state index contributed by atoms with van der Waals surface area (Å²) >= 11 is 5.17. The van der Waals surface area contributed by atoms with Gasteiger partial charge in [0.15, 0.2) is 0 Å². The molecule has 1 heterocycles. The molecule has 0 amide bonds. The highest BCUT2D eigenvalue weighted by atomic mass is 79.9. The summed E-state index contributed by atoms with van der Waals surface area (Å²) < 4.78 is 5.99. The van der Waals surface area contributed by atoms with Gasteiger partial charge < -0.3 is 4.74 Å². The second kappa shape index (κ2) is 6.27. The lowest BCUT2D eigenvalue weighted by molar-refractivity contribution is 0.300. The van der Waals surface area contributed by atoms with Gasteiger partial charge in [0.25, 0.3) is 0 Å². The number of thiazole rings is 1. The third kappa shape index (κ3) is 3.61. The van der Waals surface area contributed by atoms with Crippen LogP contribution in [0.25, 0.3) is 0 Å². The van der Waals surface area contributed by atoms with E-state index in [2.05, 4.69) is 72.2 Å². The van der Waals surface area contributed by atoms with Crippen LogP contribution in [0.4, 0.5) is 0 Å². The van der Waals surface area contributed by atoms with Crippen LogP contribution >= 0.6 is 27.3 Å². The van der Waals surface area contributed by atoms with Gasteiger partial charge in [0, 0.05) is 21.7 Å². The van der Waals surface area contributed by atoms with Gasteiger partial charge in [-0.05, 0) is 12.5 Å². The van der Waals surface area contributed by atoms with Gasteiger partial charge in [-0.15, -0.1) is 11.3 Å². The van der Waals surface area contributed by atoms with Crippen molar-refractivity contribution in [1.29, 1.82) is 0 Å². The highest BCUT2D eigenvalue weighted by Gasteiger charge is 2.17. The molecule has 4 heteroatoms. The topological polar surface area (TPSA) is 22.1 Å². The average Bonchev–Trinajstić information content (AvgIpc) is 2.85. The first kappa shape index (κ1) is 15.5. The van der Waals surface area contributed by atoms with Crippen molar-refractivity contribution in [2.75, 3.05) is 0 Å². The van der Waals surface area contributed by atoms with E-state index in [1.807, 2.05) is 0 Å². The van der Waals surface area contributed by atoms with Crippen LogP contribution in [0.15, 0.2) is 23.6 Å². The highest BCUT2D eigenvalue weighted by Crippen LogP contribution is 2.28. The fraction of sp³-hybridized carbons (Fsp3) is 0.438. The van der Waals surface area contributed by atoms with Crippen molar-refractivity contribution in [2.24, 2.45) is 0 Å². The summed E-state index contributed by atoms with van der Waals surface area (Å²) in [6.45, 7) is 9.14. The third-order valence-electron chi connectivity index (χ3n) is 3.10. The number of alkyl halides is 1. The lowest BCUT2D eigenvalue weighted by Gasteiger charge is -2.14. The molecule has 0 fully saturated rings. The number of hydrogen-bond donors (Lipinski definition) is 0. The van der Waals surface area contributed by atoms with Crippen LogP contribution in [0.1, 0.15) is 42.6 Å². The smallest absolute Gasteiger partial charge is 0.140 e. The van der Waals surface area contributed by atoms with E-state index in [1.54, 1.807) is 11.3 Å². The van der Waals surface area contributed by atoms with E-state index in [1.165, 1.54) is 5.56 Å². The van der Waals surface area contributed by atoms with Gasteiger partial charge in [-0.1, -0.05) is 54.9 Å². The molecule has 1 aromatic carbocycles. The van der Waals surface area contributed by atoms with Crippen molar-refractivity contribution in [3.63, 3.8) is 0 Å². The number of aryl methyl sites for hydroxylation is 1. The monoisotopic (exact) mass is 353 g/mol. The molecule has 2 aromatic rings. The van der Waals surface area contributed by atoms with E-state index < -0.39 is 0 Å². The SMILES string of the molecule is Cc1cccc(CBr)c1OCc1nc(C(C)(C)C)cs1. The Kier molecular flexibility index (Phi) is 4.86. The van der Waals surface area contributed by atoms with Crippen molar-refractivity contribution < 1.29 is 4.74 Å². The van der Waals surface area contributed by atoms with Gasteiger partial charge in [0.05, 0.1) is 5.69 Å². The van der Waals surface area contributed by atoms with Crippen LogP contribution < -0.4 is 4.74 Å². The van der Waals surface area contributed by atoms with Crippen molar-refractivity contribution in [2.45, 2.75) is 45.0 Å². The molecule has 0 aliphatic carbocycles. The van der Waals surface area contributed by atoms with E-state index in [9.17, 15) is 0 Å². The lowest BCUT2D eigenvalue weighted by Crippen LogP contribution is -2.11. The molecule has 0 saturated carbocycles. The zero-order valence-electron chi connectivity index (χ0n) is 12.4. The van der Waals surface area contributed by atoms with Crippen molar-refractivity contribution >= 4 is 27.3 Å². The van der Waals surface area contributed by atoms with Gasteiger partial charge in [0.1, 0.15) is 17.4 Å². The summed E-state index contributed by atoms with van der Waals surface area (Å²) in [5, 5.41) is 3.95. The molecule has 0 radical (unpaired) electrons. The maximum absolute atomic E-state index is 5.99. The number of aromatic nitrogens is 1. The first-order valence-corrected chi connectivity index (χ1v) is 8.64. The minimum atomic E-state index is 0.0957. The summed E-state index contributed by atoms with van der Waals surface area (Å²) in [6, 6.07) is 6.21. The molecule has 2 nitrogen and oxygen atoms in total. The zero-order valence-corrected chi connectivity index (χ0v) is 14.8. The van der Waals surface area contributed by atoms with Crippen LogP contribution in [0.2, 0.25) is 0 Å². The number of rotatable bonds is 4. The van der Waals surface area contributed by atoms with E-state index in [4.69, 9.17) is 4.74 Å². The summed E-state index contributed by atoms with van der Waals surface area (Å²) in [5.74, 6) is 0.969. The Morgan fingerprint density at radius 2 is 2.05 bits per heavy atom. The normalized spacial score (nSPS) is 11.7. The molecular formula is C16H20BrNOS. The molecule has 0 unspecified atom stereocenters. The van der Waals surface area contributed by atoms with Gasteiger partial charge in [0.2, 0.25) is 0 Å². The number of para-hydroxylation sites is 1. The fourth-order valence-corrected chi connectivity index (χ4v) is 3.25. The molecule has 1 aromatic heterocycles. The van der Waals surface area contributed by atoms with Gasteiger partial charge >= 0.3 is 0 Å². The average molecular weight is 354 g/mol. The van der Waals surface area contributed by atoms with Gasteiger partial charge in [-0.25, -0.2) is 4.98 Å². The van der Waals surface area contributed by atoms with Crippen LogP contribution in [0.3, 0.4) is 0 Å². The minimum Gasteiger partial charge on any atom is -0.486 e. The van der Waals surface area contributed by atoms with Gasteiger partial charge in [-0.3, -0.25) is 0 Å². The van der Waals surface area contributed by atoms with E-state index in [0.717, 1.165) is 27.3 Å². The second-order valence-electron chi connectivity index (χ2n) is 5.86. The van der Waals surface area contributed by atoms with Gasteiger partial charge in [-0.2, -0.15) is 0 Å². The van der Waals surface area contributed by atoms with E-state index in [-0.39, 0.29) is 5.41 Å². The van der Waals surface area contributed by atoms with Crippen LogP contribution in [0.5, 0.6) is 5.75 Å².